The van der Waals surface area contributed by atoms with Crippen molar-refractivity contribution in [3.8, 4) is 0 Å². The van der Waals surface area contributed by atoms with Gasteiger partial charge in [0.2, 0.25) is 5.28 Å². The van der Waals surface area contributed by atoms with E-state index < -0.39 is 11.2 Å². The molecule has 0 aliphatic heterocycles. The fraction of sp³-hybridized carbons (Fsp3) is 0.444. The van der Waals surface area contributed by atoms with E-state index in [4.69, 9.17) is 11.6 Å². The number of halogens is 1. The molecule has 27 heavy (non-hydrogen) atoms. The van der Waals surface area contributed by atoms with Gasteiger partial charge in [0.1, 0.15) is 0 Å². The maximum absolute atomic E-state index is 12.9. The van der Waals surface area contributed by atoms with Crippen LogP contribution < -0.4 is 11.2 Å². The molecular formula is C18H22ClN5O3. The van der Waals surface area contributed by atoms with Gasteiger partial charge in [-0.15, -0.1) is 0 Å². The molecule has 144 valence electrons. The highest BCUT2D eigenvalue weighted by Crippen LogP contribution is 2.20. The molecule has 0 spiro atoms. The molecule has 0 aromatic carbocycles. The Morgan fingerprint density at radius 2 is 1.81 bits per heavy atom. The molecule has 0 saturated heterocycles. The summed E-state index contributed by atoms with van der Waals surface area (Å²) in [5, 5.41) is -0.000911. The Labute approximate surface area is 160 Å². The van der Waals surface area contributed by atoms with Crippen LogP contribution in [0, 0.1) is 13.8 Å². The van der Waals surface area contributed by atoms with E-state index in [1.54, 1.807) is 0 Å². The number of hydrogen-bond acceptors (Lipinski definition) is 4. The summed E-state index contributed by atoms with van der Waals surface area (Å²) >= 11 is 6.20. The molecule has 0 aliphatic rings. The first-order chi connectivity index (χ1) is 12.7. The van der Waals surface area contributed by atoms with E-state index >= 15 is 0 Å². The van der Waals surface area contributed by atoms with Gasteiger partial charge in [0, 0.05) is 37.6 Å². The second-order valence-corrected chi connectivity index (χ2v) is 7.04. The second kappa shape index (κ2) is 6.84. The average Bonchev–Trinajstić information content (AvgIpc) is 3.10. The highest BCUT2D eigenvalue weighted by molar-refractivity contribution is 6.29. The molecule has 0 atom stereocenters. The summed E-state index contributed by atoms with van der Waals surface area (Å²) in [6.45, 7) is 6.66. The summed E-state index contributed by atoms with van der Waals surface area (Å²) in [7, 11) is 2.90. The van der Waals surface area contributed by atoms with E-state index in [1.807, 2.05) is 19.9 Å². The van der Waals surface area contributed by atoms with Crippen LogP contribution >= 0.6 is 11.6 Å². The van der Waals surface area contributed by atoms with E-state index in [9.17, 15) is 14.4 Å². The Hall–Kier alpha value is -2.61. The van der Waals surface area contributed by atoms with E-state index in [1.165, 1.54) is 23.2 Å². The van der Waals surface area contributed by atoms with Crippen LogP contribution in [0.2, 0.25) is 5.28 Å². The van der Waals surface area contributed by atoms with Crippen molar-refractivity contribution in [2.24, 2.45) is 14.1 Å². The van der Waals surface area contributed by atoms with E-state index in [2.05, 4.69) is 16.5 Å². The maximum Gasteiger partial charge on any atom is 0.332 e. The third-order valence-electron chi connectivity index (χ3n) is 4.92. The molecule has 9 heteroatoms. The van der Waals surface area contributed by atoms with Crippen LogP contribution in [0.5, 0.6) is 0 Å². The third-order valence-corrected chi connectivity index (χ3v) is 5.21. The standard InChI is InChI=1S/C18H22ClN5O3/c1-6-7-23-10(2)8-12(11(23)3)13(25)9-24-14-15(20-17(24)19)21(4)18(27)22(5)16(14)26/h8H,6-7,9H2,1-5H3. The number of carbonyl (C=O) groups is 1. The zero-order chi connectivity index (χ0) is 20.0. The third kappa shape index (κ3) is 2.93. The van der Waals surface area contributed by atoms with E-state index in [0.717, 1.165) is 28.9 Å². The van der Waals surface area contributed by atoms with Gasteiger partial charge in [0.05, 0.1) is 6.54 Å². The number of imidazole rings is 1. The molecule has 0 radical (unpaired) electrons. The molecule has 3 aromatic heterocycles. The minimum Gasteiger partial charge on any atom is -0.348 e. The number of nitrogens with zero attached hydrogens (tertiary/aromatic N) is 5. The van der Waals surface area contributed by atoms with Crippen molar-refractivity contribution in [2.45, 2.75) is 40.3 Å². The highest BCUT2D eigenvalue weighted by atomic mass is 35.5. The van der Waals surface area contributed by atoms with Gasteiger partial charge in [-0.25, -0.2) is 4.79 Å². The summed E-state index contributed by atoms with van der Waals surface area (Å²) in [5.41, 5.74) is 1.77. The number of hydrogen-bond donors (Lipinski definition) is 0. The molecule has 0 unspecified atom stereocenters. The van der Waals surface area contributed by atoms with Crippen molar-refractivity contribution in [2.75, 3.05) is 0 Å². The minimum absolute atomic E-state index is 0.000911. The number of Topliss-reactive ketones (excluding diaryl/α,β-unsaturated/α-hetero) is 1. The molecule has 3 heterocycles. The summed E-state index contributed by atoms with van der Waals surface area (Å²) in [6.07, 6.45) is 0.964. The van der Waals surface area contributed by atoms with Crippen LogP contribution in [-0.2, 0) is 27.2 Å². The van der Waals surface area contributed by atoms with Gasteiger partial charge in [-0.2, -0.15) is 4.98 Å². The molecule has 0 aliphatic carbocycles. The number of aryl methyl sites for hydroxylation is 2. The average molecular weight is 392 g/mol. The normalized spacial score (nSPS) is 11.5. The first-order valence-electron chi connectivity index (χ1n) is 8.70. The van der Waals surface area contributed by atoms with Crippen LogP contribution in [0.3, 0.4) is 0 Å². The lowest BCUT2D eigenvalue weighted by Gasteiger charge is -2.09. The number of carbonyl (C=O) groups excluding carboxylic acids is 1. The van der Waals surface area contributed by atoms with Crippen LogP contribution in [-0.4, -0.2) is 29.0 Å². The number of fused-ring (bicyclic) bond motifs is 1. The maximum atomic E-state index is 12.9. The smallest absolute Gasteiger partial charge is 0.332 e. The Morgan fingerprint density at radius 3 is 2.44 bits per heavy atom. The molecular weight excluding hydrogens is 370 g/mol. The van der Waals surface area contributed by atoms with Gasteiger partial charge in [0.25, 0.3) is 5.56 Å². The first-order valence-corrected chi connectivity index (χ1v) is 9.08. The molecule has 8 nitrogen and oxygen atoms in total. The lowest BCUT2D eigenvalue weighted by atomic mass is 10.1. The molecule has 0 amide bonds. The van der Waals surface area contributed by atoms with Crippen LogP contribution in [0.15, 0.2) is 15.7 Å². The molecule has 0 bridgehead atoms. The van der Waals surface area contributed by atoms with Crippen molar-refractivity contribution in [1.82, 2.24) is 23.3 Å². The predicted molar refractivity (Wildman–Crippen MR) is 104 cm³/mol. The zero-order valence-electron chi connectivity index (χ0n) is 16.0. The summed E-state index contributed by atoms with van der Waals surface area (Å²) < 4.78 is 5.70. The minimum atomic E-state index is -0.531. The number of rotatable bonds is 5. The van der Waals surface area contributed by atoms with E-state index in [0.29, 0.717) is 5.56 Å². The number of aromatic nitrogens is 5. The van der Waals surface area contributed by atoms with Crippen molar-refractivity contribution in [1.29, 1.82) is 0 Å². The Bertz CT molecular complexity index is 1180. The fourth-order valence-corrected chi connectivity index (χ4v) is 3.67. The van der Waals surface area contributed by atoms with Crippen molar-refractivity contribution >= 4 is 28.5 Å². The zero-order valence-corrected chi connectivity index (χ0v) is 16.8. The highest BCUT2D eigenvalue weighted by Gasteiger charge is 2.22. The van der Waals surface area contributed by atoms with Crippen LogP contribution in [0.25, 0.3) is 11.2 Å². The van der Waals surface area contributed by atoms with Crippen molar-refractivity contribution < 1.29 is 4.79 Å². The van der Waals surface area contributed by atoms with Gasteiger partial charge in [-0.05, 0) is 37.9 Å². The predicted octanol–water partition coefficient (Wildman–Crippen LogP) is 1.80. The summed E-state index contributed by atoms with van der Waals surface area (Å²) in [5.74, 6) is -0.164. The molecule has 0 saturated carbocycles. The molecule has 3 aromatic rings. The topological polar surface area (TPSA) is 83.8 Å². The monoisotopic (exact) mass is 391 g/mol. The summed E-state index contributed by atoms with van der Waals surface area (Å²) in [4.78, 5) is 41.7. The quantitative estimate of drug-likeness (QED) is 0.490. The summed E-state index contributed by atoms with van der Waals surface area (Å²) in [6, 6.07) is 1.86. The van der Waals surface area contributed by atoms with Gasteiger partial charge in [-0.3, -0.25) is 18.7 Å². The Kier molecular flexibility index (Phi) is 4.86. The molecule has 0 N–H and O–H groups in total. The van der Waals surface area contributed by atoms with Gasteiger partial charge in [-0.1, -0.05) is 6.92 Å². The second-order valence-electron chi connectivity index (χ2n) is 6.70. The van der Waals surface area contributed by atoms with E-state index in [-0.39, 0.29) is 28.8 Å². The van der Waals surface area contributed by atoms with Gasteiger partial charge < -0.3 is 9.13 Å². The van der Waals surface area contributed by atoms with Gasteiger partial charge in [0.15, 0.2) is 16.9 Å². The van der Waals surface area contributed by atoms with Crippen LogP contribution in [0.1, 0.15) is 35.1 Å². The fourth-order valence-electron chi connectivity index (χ4n) is 3.44. The molecule has 3 rings (SSSR count). The Morgan fingerprint density at radius 1 is 1.15 bits per heavy atom. The number of ketones is 1. The first kappa shape index (κ1) is 19.2. The molecule has 0 fully saturated rings. The lowest BCUT2D eigenvalue weighted by Crippen LogP contribution is -2.37. The lowest BCUT2D eigenvalue weighted by molar-refractivity contribution is 0.0972. The Balaban J connectivity index is 2.12. The van der Waals surface area contributed by atoms with Crippen LogP contribution in [0.4, 0.5) is 0 Å². The largest absolute Gasteiger partial charge is 0.348 e. The van der Waals surface area contributed by atoms with Crippen molar-refractivity contribution in [3.63, 3.8) is 0 Å². The van der Waals surface area contributed by atoms with Gasteiger partial charge >= 0.3 is 5.69 Å². The van der Waals surface area contributed by atoms with Crippen molar-refractivity contribution in [3.05, 3.63) is 49.1 Å². The SMILES string of the molecule is CCCn1c(C)cc(C(=O)Cn2c(Cl)nc3c2c(=O)n(C)c(=O)n3C)c1C.